The van der Waals surface area contributed by atoms with Gasteiger partial charge in [0.05, 0.1) is 0 Å². The molecule has 16 heavy (non-hydrogen) atoms. The van der Waals surface area contributed by atoms with Gasteiger partial charge in [-0.3, -0.25) is 0 Å². The van der Waals surface area contributed by atoms with E-state index in [-0.39, 0.29) is 11.3 Å². The molecule has 1 aromatic rings. The summed E-state index contributed by atoms with van der Waals surface area (Å²) in [6.45, 7) is 0.273. The van der Waals surface area contributed by atoms with E-state index in [1.165, 1.54) is 6.07 Å². The van der Waals surface area contributed by atoms with Gasteiger partial charge in [-0.05, 0) is 18.2 Å². The maximum Gasteiger partial charge on any atom is 0.387 e. The number of alkyl halides is 3. The fourth-order valence-electron chi connectivity index (χ4n) is 1.22. The number of ether oxygens (including phenoxy) is 1. The largest absolute Gasteiger partial charge is 0.434 e. The first-order valence-electron chi connectivity index (χ1n) is 4.83. The van der Waals surface area contributed by atoms with Crippen LogP contribution in [0.25, 0.3) is 0 Å². The van der Waals surface area contributed by atoms with E-state index in [0.29, 0.717) is 5.25 Å². The van der Waals surface area contributed by atoms with Gasteiger partial charge in [-0.1, -0.05) is 13.8 Å². The quantitative estimate of drug-likeness (QED) is 0.722. The number of benzene rings is 1. The minimum atomic E-state index is -2.92. The molecule has 90 valence electrons. The molecule has 0 amide bonds. The Balaban J connectivity index is 2.88. The number of hydrogen-bond donors (Lipinski definition) is 0. The summed E-state index contributed by atoms with van der Waals surface area (Å²) in [6, 6.07) is 4.58. The van der Waals surface area contributed by atoms with Crippen LogP contribution in [0.15, 0.2) is 23.1 Å². The summed E-state index contributed by atoms with van der Waals surface area (Å²) in [5, 5.41) is 0.356. The highest BCUT2D eigenvalue weighted by Gasteiger charge is 2.11. The second-order valence-electron chi connectivity index (χ2n) is 3.45. The zero-order valence-electron chi connectivity index (χ0n) is 9.04. The lowest BCUT2D eigenvalue weighted by molar-refractivity contribution is -0.0507. The van der Waals surface area contributed by atoms with E-state index in [1.807, 2.05) is 13.8 Å². The number of rotatable bonds is 5. The molecule has 0 saturated heterocycles. The van der Waals surface area contributed by atoms with E-state index in [9.17, 15) is 13.2 Å². The molecule has 0 aliphatic carbocycles. The predicted molar refractivity (Wildman–Crippen MR) is 58.9 cm³/mol. The monoisotopic (exact) mass is 250 g/mol. The van der Waals surface area contributed by atoms with Crippen molar-refractivity contribution in [3.8, 4) is 5.75 Å². The van der Waals surface area contributed by atoms with Crippen LogP contribution in [0.5, 0.6) is 5.75 Å². The van der Waals surface area contributed by atoms with Gasteiger partial charge in [0.15, 0.2) is 0 Å². The van der Waals surface area contributed by atoms with Crippen LogP contribution in [-0.2, 0) is 6.67 Å². The molecule has 5 heteroatoms. The summed E-state index contributed by atoms with van der Waals surface area (Å²) in [7, 11) is 0. The SMILES string of the molecule is CC(C)Sc1ccc(OC(F)F)c(CF)c1. The molecular weight excluding hydrogens is 237 g/mol. The van der Waals surface area contributed by atoms with Crippen LogP contribution in [-0.4, -0.2) is 11.9 Å². The van der Waals surface area contributed by atoms with E-state index in [2.05, 4.69) is 4.74 Å². The minimum Gasteiger partial charge on any atom is -0.434 e. The molecule has 1 nitrogen and oxygen atoms in total. The molecular formula is C11H13F3OS. The molecule has 0 radical (unpaired) electrons. The maximum atomic E-state index is 12.6. The maximum absolute atomic E-state index is 12.6. The Morgan fingerprint density at radius 2 is 2.00 bits per heavy atom. The van der Waals surface area contributed by atoms with E-state index in [1.54, 1.807) is 23.9 Å². The van der Waals surface area contributed by atoms with E-state index >= 15 is 0 Å². The fraction of sp³-hybridized carbons (Fsp3) is 0.455. The van der Waals surface area contributed by atoms with Gasteiger partial charge in [-0.2, -0.15) is 8.78 Å². The van der Waals surface area contributed by atoms with Gasteiger partial charge >= 0.3 is 6.61 Å². The average molecular weight is 250 g/mol. The lowest BCUT2D eigenvalue weighted by atomic mass is 10.2. The second kappa shape index (κ2) is 6.03. The van der Waals surface area contributed by atoms with E-state index in [4.69, 9.17) is 0 Å². The van der Waals surface area contributed by atoms with Gasteiger partial charge in [-0.15, -0.1) is 11.8 Å². The topological polar surface area (TPSA) is 9.23 Å². The molecule has 1 aromatic carbocycles. The van der Waals surface area contributed by atoms with Crippen molar-refractivity contribution in [2.75, 3.05) is 0 Å². The summed E-state index contributed by atoms with van der Waals surface area (Å²) < 4.78 is 40.8. The van der Waals surface area contributed by atoms with Crippen LogP contribution in [0.2, 0.25) is 0 Å². The highest BCUT2D eigenvalue weighted by molar-refractivity contribution is 7.99. The van der Waals surface area contributed by atoms with E-state index < -0.39 is 13.3 Å². The number of halogens is 3. The van der Waals surface area contributed by atoms with E-state index in [0.717, 1.165) is 4.90 Å². The Kier molecular flexibility index (Phi) is 4.99. The minimum absolute atomic E-state index is 0.0920. The molecule has 1 rings (SSSR count). The number of thioether (sulfide) groups is 1. The molecule has 0 aromatic heterocycles. The van der Waals surface area contributed by atoms with Crippen molar-refractivity contribution in [1.82, 2.24) is 0 Å². The second-order valence-corrected chi connectivity index (χ2v) is 5.10. The fourth-order valence-corrected chi connectivity index (χ4v) is 2.12. The molecule has 0 saturated carbocycles. The highest BCUT2D eigenvalue weighted by atomic mass is 32.2. The van der Waals surface area contributed by atoms with Gasteiger partial charge in [0.25, 0.3) is 0 Å². The van der Waals surface area contributed by atoms with Crippen LogP contribution >= 0.6 is 11.8 Å². The van der Waals surface area contributed by atoms with Crippen LogP contribution in [0.1, 0.15) is 19.4 Å². The Labute approximate surface area is 97.0 Å². The summed E-state index contributed by atoms with van der Waals surface area (Å²) >= 11 is 1.55. The van der Waals surface area contributed by atoms with Crippen LogP contribution < -0.4 is 4.74 Å². The summed E-state index contributed by atoms with van der Waals surface area (Å²) in [5.41, 5.74) is 0.158. The molecule has 0 bridgehead atoms. The van der Waals surface area contributed by atoms with Crippen molar-refractivity contribution in [3.63, 3.8) is 0 Å². The molecule has 0 N–H and O–H groups in total. The van der Waals surface area contributed by atoms with Gasteiger partial charge in [-0.25, -0.2) is 4.39 Å². The third kappa shape index (κ3) is 3.96. The van der Waals surface area contributed by atoms with Crippen molar-refractivity contribution < 1.29 is 17.9 Å². The summed E-state index contributed by atoms with van der Waals surface area (Å²) in [6.07, 6.45) is 0. The smallest absolute Gasteiger partial charge is 0.387 e. The molecule has 0 atom stereocenters. The summed E-state index contributed by atoms with van der Waals surface area (Å²) in [4.78, 5) is 0.851. The van der Waals surface area contributed by atoms with Crippen LogP contribution in [0.4, 0.5) is 13.2 Å². The third-order valence-electron chi connectivity index (χ3n) is 1.76. The Bertz CT molecular complexity index is 342. The van der Waals surface area contributed by atoms with Crippen molar-refractivity contribution >= 4 is 11.8 Å². The molecule has 0 spiro atoms. The molecule has 0 heterocycles. The van der Waals surface area contributed by atoms with Gasteiger partial charge < -0.3 is 4.74 Å². The zero-order chi connectivity index (χ0) is 12.1. The van der Waals surface area contributed by atoms with Gasteiger partial charge in [0.1, 0.15) is 12.4 Å². The zero-order valence-corrected chi connectivity index (χ0v) is 9.86. The Morgan fingerprint density at radius 3 is 2.50 bits per heavy atom. The third-order valence-corrected chi connectivity index (χ3v) is 2.76. The van der Waals surface area contributed by atoms with Gasteiger partial charge in [0.2, 0.25) is 0 Å². The first-order chi connectivity index (χ1) is 7.52. The average Bonchev–Trinajstić information content (AvgIpc) is 2.18. The molecule has 0 aliphatic heterocycles. The lowest BCUT2D eigenvalue weighted by Gasteiger charge is -2.11. The first-order valence-corrected chi connectivity index (χ1v) is 5.71. The van der Waals surface area contributed by atoms with Crippen molar-refractivity contribution in [3.05, 3.63) is 23.8 Å². The molecule has 0 unspecified atom stereocenters. The normalized spacial score (nSPS) is 11.2. The Morgan fingerprint density at radius 1 is 1.31 bits per heavy atom. The number of hydrogen-bond acceptors (Lipinski definition) is 2. The first kappa shape index (κ1) is 13.2. The molecule has 0 aliphatic rings. The van der Waals surface area contributed by atoms with Gasteiger partial charge in [0, 0.05) is 15.7 Å². The molecule has 0 fully saturated rings. The van der Waals surface area contributed by atoms with Crippen molar-refractivity contribution in [1.29, 1.82) is 0 Å². The standard InChI is InChI=1S/C11H13F3OS/c1-7(2)16-9-3-4-10(15-11(13)14)8(5-9)6-12/h3-5,7,11H,6H2,1-2H3. The highest BCUT2D eigenvalue weighted by Crippen LogP contribution is 2.29. The summed E-state index contributed by atoms with van der Waals surface area (Å²) in [5.74, 6) is -0.0920. The van der Waals surface area contributed by atoms with Crippen molar-refractivity contribution in [2.45, 2.75) is 37.3 Å². The van der Waals surface area contributed by atoms with Crippen LogP contribution in [0.3, 0.4) is 0 Å². The Hall–Kier alpha value is -0.840. The van der Waals surface area contributed by atoms with Crippen LogP contribution in [0, 0.1) is 0 Å². The van der Waals surface area contributed by atoms with Crippen molar-refractivity contribution in [2.24, 2.45) is 0 Å². The lowest BCUT2D eigenvalue weighted by Crippen LogP contribution is -2.04. The predicted octanol–water partition coefficient (Wildman–Crippen LogP) is 4.26.